The molecular weight excluding hydrogens is 262 g/mol. The molecule has 0 unspecified atom stereocenters. The van der Waals surface area contributed by atoms with Gasteiger partial charge in [0.2, 0.25) is 0 Å². The highest BCUT2D eigenvalue weighted by atomic mass is 16.6. The van der Waals surface area contributed by atoms with E-state index >= 15 is 0 Å². The van der Waals surface area contributed by atoms with Crippen LogP contribution in [0.15, 0.2) is 30.3 Å². The molecule has 1 aliphatic rings. The Balaban J connectivity index is 1.87. The summed E-state index contributed by atoms with van der Waals surface area (Å²) in [7, 11) is 0. The lowest BCUT2D eigenvalue weighted by Gasteiger charge is -2.26. The van der Waals surface area contributed by atoms with Gasteiger partial charge in [-0.05, 0) is 23.8 Å². The van der Waals surface area contributed by atoms with E-state index in [-0.39, 0.29) is 11.6 Å². The fourth-order valence-corrected chi connectivity index (χ4v) is 1.75. The monoisotopic (exact) mass is 277 g/mol. The molecule has 1 saturated heterocycles. The van der Waals surface area contributed by atoms with Crippen LogP contribution in [0.4, 0.5) is 5.69 Å². The Kier molecular flexibility index (Phi) is 4.80. The van der Waals surface area contributed by atoms with Gasteiger partial charge in [0.1, 0.15) is 0 Å². The first-order chi connectivity index (χ1) is 9.65. The second-order valence-electron chi connectivity index (χ2n) is 4.26. The fraction of sp³-hybridized carbons (Fsp3) is 0.308. The predicted molar refractivity (Wildman–Crippen MR) is 72.7 cm³/mol. The number of rotatable bonds is 4. The Hall–Kier alpha value is -2.25. The molecule has 0 aromatic heterocycles. The van der Waals surface area contributed by atoms with E-state index in [9.17, 15) is 14.9 Å². The molecule has 7 nitrogen and oxygen atoms in total. The van der Waals surface area contributed by atoms with Crippen LogP contribution in [0.5, 0.6) is 0 Å². The number of nitro benzene ring substituents is 1. The number of ether oxygens (including phenoxy) is 1. The first kappa shape index (κ1) is 14.2. The molecule has 1 aromatic rings. The molecule has 1 aliphatic heterocycles. The molecule has 1 aromatic carbocycles. The minimum absolute atomic E-state index is 0.0277. The summed E-state index contributed by atoms with van der Waals surface area (Å²) in [5.74, 6) is -0.231. The lowest BCUT2D eigenvalue weighted by atomic mass is 10.2. The Morgan fingerprint density at radius 3 is 2.55 bits per heavy atom. The van der Waals surface area contributed by atoms with E-state index in [2.05, 4.69) is 5.43 Å². The van der Waals surface area contributed by atoms with Crippen molar-refractivity contribution >= 4 is 17.7 Å². The molecule has 20 heavy (non-hydrogen) atoms. The van der Waals surface area contributed by atoms with Crippen LogP contribution >= 0.6 is 0 Å². The van der Waals surface area contributed by atoms with Crippen molar-refractivity contribution in [1.82, 2.24) is 10.4 Å². The SMILES string of the molecule is O=C(C=Cc1ccc([N+](=O)[O-])cc1)NN1CCOCC1. The number of carbonyl (C=O) groups is 1. The maximum atomic E-state index is 11.7. The van der Waals surface area contributed by atoms with Crippen molar-refractivity contribution < 1.29 is 14.5 Å². The molecule has 7 heteroatoms. The van der Waals surface area contributed by atoms with Crippen molar-refractivity contribution in [1.29, 1.82) is 0 Å². The number of nitrogens with one attached hydrogen (secondary N) is 1. The topological polar surface area (TPSA) is 84.7 Å². The number of non-ortho nitro benzene ring substituents is 1. The summed E-state index contributed by atoms with van der Waals surface area (Å²) in [5.41, 5.74) is 3.50. The highest BCUT2D eigenvalue weighted by Crippen LogP contribution is 2.12. The normalized spacial score (nSPS) is 16.2. The summed E-state index contributed by atoms with van der Waals surface area (Å²) in [6, 6.07) is 5.99. The van der Waals surface area contributed by atoms with Gasteiger partial charge >= 0.3 is 0 Å². The second-order valence-corrected chi connectivity index (χ2v) is 4.26. The summed E-state index contributed by atoms with van der Waals surface area (Å²) in [5, 5.41) is 12.3. The van der Waals surface area contributed by atoms with Gasteiger partial charge in [0.25, 0.3) is 11.6 Å². The highest BCUT2D eigenvalue weighted by molar-refractivity contribution is 5.91. The zero-order chi connectivity index (χ0) is 14.4. The summed E-state index contributed by atoms with van der Waals surface area (Å²) >= 11 is 0. The van der Waals surface area contributed by atoms with Crippen molar-refractivity contribution in [2.24, 2.45) is 0 Å². The van der Waals surface area contributed by atoms with Crippen LogP contribution in [0.25, 0.3) is 6.08 Å². The van der Waals surface area contributed by atoms with Crippen LogP contribution in [-0.2, 0) is 9.53 Å². The third-order valence-electron chi connectivity index (χ3n) is 2.81. The van der Waals surface area contributed by atoms with Crippen molar-refractivity contribution in [2.45, 2.75) is 0 Å². The summed E-state index contributed by atoms with van der Waals surface area (Å²) in [6.07, 6.45) is 3.01. The third-order valence-corrected chi connectivity index (χ3v) is 2.81. The van der Waals surface area contributed by atoms with E-state index in [1.807, 2.05) is 0 Å². The van der Waals surface area contributed by atoms with E-state index in [4.69, 9.17) is 4.74 Å². The minimum atomic E-state index is -0.460. The van der Waals surface area contributed by atoms with Crippen LogP contribution in [0.3, 0.4) is 0 Å². The van der Waals surface area contributed by atoms with Gasteiger partial charge in [0, 0.05) is 31.3 Å². The summed E-state index contributed by atoms with van der Waals surface area (Å²) in [6.45, 7) is 2.53. The largest absolute Gasteiger partial charge is 0.379 e. The second kappa shape index (κ2) is 6.78. The molecule has 1 N–H and O–H groups in total. The Morgan fingerprint density at radius 2 is 1.95 bits per heavy atom. The van der Waals surface area contributed by atoms with Gasteiger partial charge in [0.05, 0.1) is 18.1 Å². The van der Waals surface area contributed by atoms with E-state index in [1.165, 1.54) is 18.2 Å². The lowest BCUT2D eigenvalue weighted by molar-refractivity contribution is -0.384. The average molecular weight is 277 g/mol. The Morgan fingerprint density at radius 1 is 1.30 bits per heavy atom. The lowest BCUT2D eigenvalue weighted by Crippen LogP contribution is -2.47. The van der Waals surface area contributed by atoms with Crippen molar-refractivity contribution in [2.75, 3.05) is 26.3 Å². The average Bonchev–Trinajstić information content (AvgIpc) is 2.46. The van der Waals surface area contributed by atoms with E-state index < -0.39 is 4.92 Å². The predicted octanol–water partition coefficient (Wildman–Crippen LogP) is 0.971. The maximum absolute atomic E-state index is 11.7. The number of nitrogens with zero attached hydrogens (tertiary/aromatic N) is 2. The number of benzene rings is 1. The van der Waals surface area contributed by atoms with Gasteiger partial charge in [-0.3, -0.25) is 20.3 Å². The first-order valence-corrected chi connectivity index (χ1v) is 6.21. The van der Waals surface area contributed by atoms with Gasteiger partial charge in [-0.25, -0.2) is 5.01 Å². The number of carbonyl (C=O) groups excluding carboxylic acids is 1. The van der Waals surface area contributed by atoms with Crippen molar-refractivity contribution in [3.05, 3.63) is 46.0 Å². The molecule has 1 heterocycles. The van der Waals surface area contributed by atoms with E-state index in [0.717, 1.165) is 5.56 Å². The van der Waals surface area contributed by atoms with E-state index in [1.54, 1.807) is 23.2 Å². The molecule has 106 valence electrons. The molecule has 0 radical (unpaired) electrons. The van der Waals surface area contributed by atoms with Crippen LogP contribution in [-0.4, -0.2) is 42.1 Å². The smallest absolute Gasteiger partial charge is 0.269 e. The van der Waals surface area contributed by atoms with Crippen LogP contribution in [0.2, 0.25) is 0 Å². The number of nitro groups is 1. The summed E-state index contributed by atoms with van der Waals surface area (Å²) < 4.78 is 5.18. The minimum Gasteiger partial charge on any atom is -0.379 e. The zero-order valence-corrected chi connectivity index (χ0v) is 10.8. The van der Waals surface area contributed by atoms with Crippen molar-refractivity contribution in [3.8, 4) is 0 Å². The van der Waals surface area contributed by atoms with E-state index in [0.29, 0.717) is 26.3 Å². The Labute approximate surface area is 115 Å². The molecular formula is C13H15N3O4. The Bertz CT molecular complexity index is 507. The van der Waals surface area contributed by atoms with Gasteiger partial charge in [0.15, 0.2) is 0 Å². The van der Waals surface area contributed by atoms with Gasteiger partial charge in [-0.2, -0.15) is 0 Å². The highest BCUT2D eigenvalue weighted by Gasteiger charge is 2.11. The van der Waals surface area contributed by atoms with Crippen LogP contribution in [0.1, 0.15) is 5.56 Å². The quantitative estimate of drug-likeness (QED) is 0.503. The first-order valence-electron chi connectivity index (χ1n) is 6.21. The fourth-order valence-electron chi connectivity index (χ4n) is 1.75. The molecule has 0 saturated carbocycles. The molecule has 1 fully saturated rings. The van der Waals surface area contributed by atoms with Gasteiger partial charge in [-0.15, -0.1) is 0 Å². The number of hydrogen-bond donors (Lipinski definition) is 1. The van der Waals surface area contributed by atoms with Crippen LogP contribution < -0.4 is 5.43 Å². The number of amides is 1. The molecule has 2 rings (SSSR count). The number of hydrazine groups is 1. The third kappa shape index (κ3) is 4.15. The van der Waals surface area contributed by atoms with Gasteiger partial charge < -0.3 is 4.74 Å². The molecule has 1 amide bonds. The zero-order valence-electron chi connectivity index (χ0n) is 10.8. The molecule has 0 aliphatic carbocycles. The molecule has 0 spiro atoms. The maximum Gasteiger partial charge on any atom is 0.269 e. The van der Waals surface area contributed by atoms with Gasteiger partial charge in [-0.1, -0.05) is 0 Å². The number of morpholine rings is 1. The molecule has 0 bridgehead atoms. The number of hydrogen-bond acceptors (Lipinski definition) is 5. The standard InChI is InChI=1S/C13H15N3O4/c17-13(14-15-7-9-20-10-8-15)6-3-11-1-4-12(5-2-11)16(18)19/h1-6H,7-10H2,(H,14,17). The molecule has 0 atom stereocenters. The van der Waals surface area contributed by atoms with Crippen molar-refractivity contribution in [3.63, 3.8) is 0 Å². The summed E-state index contributed by atoms with van der Waals surface area (Å²) in [4.78, 5) is 21.7. The van der Waals surface area contributed by atoms with Crippen LogP contribution in [0, 0.1) is 10.1 Å².